The van der Waals surface area contributed by atoms with Gasteiger partial charge in [-0.25, -0.2) is 4.39 Å². The highest BCUT2D eigenvalue weighted by molar-refractivity contribution is 5.56. The van der Waals surface area contributed by atoms with Crippen LogP contribution in [0.3, 0.4) is 0 Å². The molecule has 2 N–H and O–H groups in total. The van der Waals surface area contributed by atoms with Crippen molar-refractivity contribution >= 4 is 5.69 Å². The van der Waals surface area contributed by atoms with Gasteiger partial charge in [-0.1, -0.05) is 12.1 Å². The van der Waals surface area contributed by atoms with Gasteiger partial charge >= 0.3 is 0 Å². The zero-order chi connectivity index (χ0) is 13.3. The number of halogens is 1. The molecule has 3 atom stereocenters. The Bertz CT molecular complexity index is 420. The molecular formula is C14H20FNO2. The molecule has 18 heavy (non-hydrogen) atoms. The lowest BCUT2D eigenvalue weighted by Crippen LogP contribution is -2.25. The molecule has 1 fully saturated rings. The molecular weight excluding hydrogens is 233 g/mol. The summed E-state index contributed by atoms with van der Waals surface area (Å²) in [5.41, 5.74) is 1.09. The Hall–Kier alpha value is -1.13. The molecule has 0 amide bonds. The van der Waals surface area contributed by atoms with Crippen molar-refractivity contribution in [1.29, 1.82) is 0 Å². The van der Waals surface area contributed by atoms with Crippen molar-refractivity contribution in [3.05, 3.63) is 29.6 Å². The SMILES string of the molecule is CC(O)C1CCN(c2c(F)cccc2[C@@H](C)O)C1. The number of hydrogen-bond acceptors (Lipinski definition) is 3. The van der Waals surface area contributed by atoms with Gasteiger partial charge in [0.2, 0.25) is 0 Å². The van der Waals surface area contributed by atoms with Crippen LogP contribution in [-0.2, 0) is 0 Å². The summed E-state index contributed by atoms with van der Waals surface area (Å²) in [4.78, 5) is 1.93. The Morgan fingerprint density at radius 3 is 2.61 bits per heavy atom. The first-order valence-electron chi connectivity index (χ1n) is 6.40. The van der Waals surface area contributed by atoms with Crippen molar-refractivity contribution in [3.63, 3.8) is 0 Å². The quantitative estimate of drug-likeness (QED) is 0.867. The van der Waals surface area contributed by atoms with Crippen LogP contribution in [0.2, 0.25) is 0 Å². The van der Waals surface area contributed by atoms with E-state index in [2.05, 4.69) is 0 Å². The summed E-state index contributed by atoms with van der Waals surface area (Å²) in [7, 11) is 0. The predicted molar refractivity (Wildman–Crippen MR) is 69.0 cm³/mol. The minimum atomic E-state index is -0.693. The Morgan fingerprint density at radius 2 is 2.06 bits per heavy atom. The van der Waals surface area contributed by atoms with Crippen LogP contribution in [0.25, 0.3) is 0 Å². The van der Waals surface area contributed by atoms with Crippen LogP contribution in [0, 0.1) is 11.7 Å². The zero-order valence-electron chi connectivity index (χ0n) is 10.8. The molecule has 1 aromatic carbocycles. The highest BCUT2D eigenvalue weighted by Crippen LogP contribution is 2.33. The van der Waals surface area contributed by atoms with Crippen molar-refractivity contribution in [2.45, 2.75) is 32.5 Å². The van der Waals surface area contributed by atoms with E-state index < -0.39 is 6.10 Å². The minimum Gasteiger partial charge on any atom is -0.393 e. The van der Waals surface area contributed by atoms with Crippen molar-refractivity contribution in [2.24, 2.45) is 5.92 Å². The second-order valence-corrected chi connectivity index (χ2v) is 5.09. The second kappa shape index (κ2) is 5.24. The van der Waals surface area contributed by atoms with Crippen LogP contribution in [0.1, 0.15) is 31.9 Å². The first-order chi connectivity index (χ1) is 8.50. The Balaban J connectivity index is 2.29. The normalized spacial score (nSPS) is 23.2. The summed E-state index contributed by atoms with van der Waals surface area (Å²) in [6.07, 6.45) is -0.219. The van der Waals surface area contributed by atoms with Gasteiger partial charge in [-0.05, 0) is 26.3 Å². The van der Waals surface area contributed by atoms with Crippen molar-refractivity contribution in [2.75, 3.05) is 18.0 Å². The van der Waals surface area contributed by atoms with E-state index in [1.54, 1.807) is 26.0 Å². The molecule has 1 heterocycles. The fraction of sp³-hybridized carbons (Fsp3) is 0.571. The lowest BCUT2D eigenvalue weighted by atomic mass is 10.0. The maximum atomic E-state index is 14.0. The number of hydrogen-bond donors (Lipinski definition) is 2. The summed E-state index contributed by atoms with van der Waals surface area (Å²) in [5, 5.41) is 19.3. The molecule has 0 spiro atoms. The van der Waals surface area contributed by atoms with Gasteiger partial charge in [0.1, 0.15) is 5.82 Å². The monoisotopic (exact) mass is 253 g/mol. The molecule has 0 bridgehead atoms. The molecule has 1 aliphatic heterocycles. The molecule has 0 radical (unpaired) electrons. The van der Waals surface area contributed by atoms with Crippen LogP contribution < -0.4 is 4.90 Å². The maximum Gasteiger partial charge on any atom is 0.146 e. The van der Waals surface area contributed by atoms with Gasteiger partial charge in [0.15, 0.2) is 0 Å². The average molecular weight is 253 g/mol. The molecule has 0 aromatic heterocycles. The predicted octanol–water partition coefficient (Wildman–Crippen LogP) is 2.09. The fourth-order valence-electron chi connectivity index (χ4n) is 2.59. The summed E-state index contributed by atoms with van der Waals surface area (Å²) in [6.45, 7) is 4.76. The van der Waals surface area contributed by atoms with Crippen LogP contribution in [0.15, 0.2) is 18.2 Å². The molecule has 2 rings (SSSR count). The van der Waals surface area contributed by atoms with Crippen molar-refractivity contribution < 1.29 is 14.6 Å². The first-order valence-corrected chi connectivity index (χ1v) is 6.40. The van der Waals surface area contributed by atoms with Gasteiger partial charge in [0, 0.05) is 24.6 Å². The summed E-state index contributed by atoms with van der Waals surface area (Å²) < 4.78 is 14.0. The van der Waals surface area contributed by atoms with Gasteiger partial charge in [-0.2, -0.15) is 0 Å². The lowest BCUT2D eigenvalue weighted by Gasteiger charge is -2.24. The number of benzene rings is 1. The van der Waals surface area contributed by atoms with E-state index in [1.165, 1.54) is 6.07 Å². The Labute approximate surface area is 107 Å². The largest absolute Gasteiger partial charge is 0.393 e. The molecule has 2 unspecified atom stereocenters. The molecule has 100 valence electrons. The third kappa shape index (κ3) is 2.49. The smallest absolute Gasteiger partial charge is 0.146 e. The highest BCUT2D eigenvalue weighted by atomic mass is 19.1. The topological polar surface area (TPSA) is 43.7 Å². The van der Waals surface area contributed by atoms with Gasteiger partial charge in [-0.3, -0.25) is 0 Å². The van der Waals surface area contributed by atoms with Crippen LogP contribution in [0.4, 0.5) is 10.1 Å². The molecule has 0 saturated carbocycles. The lowest BCUT2D eigenvalue weighted by molar-refractivity contribution is 0.136. The summed E-state index contributed by atoms with van der Waals surface area (Å²) in [6, 6.07) is 4.78. The fourth-order valence-corrected chi connectivity index (χ4v) is 2.59. The summed E-state index contributed by atoms with van der Waals surface area (Å²) in [5.74, 6) is -0.133. The van der Waals surface area contributed by atoms with Crippen molar-refractivity contribution in [3.8, 4) is 0 Å². The third-order valence-electron chi connectivity index (χ3n) is 3.69. The minimum absolute atomic E-state index is 0.173. The molecule has 3 nitrogen and oxygen atoms in total. The van der Waals surface area contributed by atoms with Crippen LogP contribution in [0.5, 0.6) is 0 Å². The van der Waals surface area contributed by atoms with Gasteiger partial charge in [0.05, 0.1) is 17.9 Å². The van der Waals surface area contributed by atoms with E-state index in [9.17, 15) is 14.6 Å². The number of nitrogens with zero attached hydrogens (tertiary/aromatic N) is 1. The third-order valence-corrected chi connectivity index (χ3v) is 3.69. The molecule has 1 saturated heterocycles. The Kier molecular flexibility index (Phi) is 3.88. The van der Waals surface area contributed by atoms with E-state index in [0.717, 1.165) is 13.0 Å². The van der Waals surface area contributed by atoms with E-state index in [1.807, 2.05) is 4.90 Å². The van der Waals surface area contributed by atoms with Crippen LogP contribution in [-0.4, -0.2) is 29.4 Å². The van der Waals surface area contributed by atoms with Gasteiger partial charge < -0.3 is 15.1 Å². The van der Waals surface area contributed by atoms with Gasteiger partial charge in [0.25, 0.3) is 0 Å². The van der Waals surface area contributed by atoms with Crippen LogP contribution >= 0.6 is 0 Å². The average Bonchev–Trinajstić information content (AvgIpc) is 2.77. The zero-order valence-corrected chi connectivity index (χ0v) is 10.8. The number of aliphatic hydroxyl groups excluding tert-OH is 2. The van der Waals surface area contributed by atoms with E-state index in [0.29, 0.717) is 17.8 Å². The summed E-state index contributed by atoms with van der Waals surface area (Å²) >= 11 is 0. The molecule has 1 aromatic rings. The first kappa shape index (κ1) is 13.3. The van der Waals surface area contributed by atoms with Crippen molar-refractivity contribution in [1.82, 2.24) is 0 Å². The second-order valence-electron chi connectivity index (χ2n) is 5.09. The number of aliphatic hydroxyl groups is 2. The molecule has 4 heteroatoms. The number of anilines is 1. The van der Waals surface area contributed by atoms with Gasteiger partial charge in [-0.15, -0.1) is 0 Å². The van der Waals surface area contributed by atoms with E-state index in [4.69, 9.17) is 0 Å². The van der Waals surface area contributed by atoms with E-state index >= 15 is 0 Å². The Morgan fingerprint density at radius 1 is 1.33 bits per heavy atom. The highest BCUT2D eigenvalue weighted by Gasteiger charge is 2.29. The number of para-hydroxylation sites is 1. The van der Waals surface area contributed by atoms with E-state index in [-0.39, 0.29) is 17.8 Å². The molecule has 0 aliphatic carbocycles. The maximum absolute atomic E-state index is 14.0. The molecule has 1 aliphatic rings. The number of rotatable bonds is 3. The standard InChI is InChI=1S/C14H20FNO2/c1-9(17)11-6-7-16(8-11)14-12(10(2)18)4-3-5-13(14)15/h3-5,9-11,17-18H,6-8H2,1-2H3/t9?,10-,11?/m1/s1.